The Morgan fingerprint density at radius 1 is 1.36 bits per heavy atom. The first-order valence-electron chi connectivity index (χ1n) is 10.0. The summed E-state index contributed by atoms with van der Waals surface area (Å²) in [6.45, 7) is 7.97. The standard InChI is InChI=1S/C21H35N5O2/c1-6-26-11-7-8-18(26)14-23-21(24-15-20(27)25(3)4)22-13-17-10-9-16(2)12-19(17)28-5/h9-10,12,18H,6-8,11,13-15H2,1-5H3,(H2,22,23,24). The maximum atomic E-state index is 12.0. The van der Waals surface area contributed by atoms with E-state index in [2.05, 4.69) is 28.5 Å². The number of likely N-dealkylation sites (N-methyl/N-ethyl adjacent to an activating group) is 2. The van der Waals surface area contributed by atoms with Crippen LogP contribution in [0.5, 0.6) is 5.75 Å². The molecule has 156 valence electrons. The first-order valence-corrected chi connectivity index (χ1v) is 10.0. The van der Waals surface area contributed by atoms with Crippen molar-refractivity contribution in [3.05, 3.63) is 29.3 Å². The number of aliphatic imine (C=N–C) groups is 1. The average molecular weight is 390 g/mol. The number of amides is 1. The van der Waals surface area contributed by atoms with Crippen LogP contribution in [0.1, 0.15) is 30.9 Å². The fourth-order valence-electron chi connectivity index (χ4n) is 3.40. The number of rotatable bonds is 8. The molecule has 7 heteroatoms. The van der Waals surface area contributed by atoms with Crippen molar-refractivity contribution < 1.29 is 9.53 Å². The molecule has 1 aromatic carbocycles. The van der Waals surface area contributed by atoms with E-state index in [4.69, 9.17) is 9.73 Å². The molecule has 1 aromatic rings. The van der Waals surface area contributed by atoms with Gasteiger partial charge in [0.05, 0.1) is 20.2 Å². The van der Waals surface area contributed by atoms with E-state index in [1.807, 2.05) is 19.1 Å². The molecule has 1 fully saturated rings. The smallest absolute Gasteiger partial charge is 0.241 e. The van der Waals surface area contributed by atoms with Crippen LogP contribution < -0.4 is 15.4 Å². The zero-order valence-electron chi connectivity index (χ0n) is 17.9. The highest BCUT2D eigenvalue weighted by Gasteiger charge is 2.23. The molecule has 2 rings (SSSR count). The van der Waals surface area contributed by atoms with Crippen molar-refractivity contribution in [2.45, 2.75) is 39.3 Å². The molecule has 1 unspecified atom stereocenters. The Morgan fingerprint density at radius 2 is 2.14 bits per heavy atom. The number of guanidine groups is 1. The maximum Gasteiger partial charge on any atom is 0.241 e. The van der Waals surface area contributed by atoms with E-state index >= 15 is 0 Å². The molecule has 1 atom stereocenters. The summed E-state index contributed by atoms with van der Waals surface area (Å²) in [5.74, 6) is 1.50. The zero-order chi connectivity index (χ0) is 20.5. The summed E-state index contributed by atoms with van der Waals surface area (Å²) < 4.78 is 5.48. The summed E-state index contributed by atoms with van der Waals surface area (Å²) in [5.41, 5.74) is 2.17. The van der Waals surface area contributed by atoms with Crippen LogP contribution in [0.4, 0.5) is 0 Å². The second-order valence-corrected chi connectivity index (χ2v) is 7.43. The minimum absolute atomic E-state index is 0.0125. The van der Waals surface area contributed by atoms with Crippen LogP contribution >= 0.6 is 0 Å². The molecule has 1 aliphatic rings. The summed E-state index contributed by atoms with van der Waals surface area (Å²) in [6.07, 6.45) is 2.43. The maximum absolute atomic E-state index is 12.0. The second kappa shape index (κ2) is 10.9. The quantitative estimate of drug-likeness (QED) is 0.522. The van der Waals surface area contributed by atoms with Crippen molar-refractivity contribution in [1.82, 2.24) is 20.4 Å². The Labute approximate surface area is 169 Å². The molecular formula is C21H35N5O2. The van der Waals surface area contributed by atoms with Crippen molar-refractivity contribution in [3.63, 3.8) is 0 Å². The molecule has 1 saturated heterocycles. The average Bonchev–Trinajstić information content (AvgIpc) is 3.15. The van der Waals surface area contributed by atoms with Crippen LogP contribution in [0.25, 0.3) is 0 Å². The van der Waals surface area contributed by atoms with E-state index in [0.717, 1.165) is 36.5 Å². The van der Waals surface area contributed by atoms with E-state index < -0.39 is 0 Å². The number of carbonyl (C=O) groups excluding carboxylic acids is 1. The van der Waals surface area contributed by atoms with E-state index in [9.17, 15) is 4.79 Å². The highest BCUT2D eigenvalue weighted by molar-refractivity contribution is 5.86. The highest BCUT2D eigenvalue weighted by atomic mass is 16.5. The molecular weight excluding hydrogens is 354 g/mol. The molecule has 0 saturated carbocycles. The van der Waals surface area contributed by atoms with Gasteiger partial charge in [-0.2, -0.15) is 0 Å². The lowest BCUT2D eigenvalue weighted by atomic mass is 10.1. The molecule has 0 aromatic heterocycles. The van der Waals surface area contributed by atoms with Gasteiger partial charge in [0.25, 0.3) is 0 Å². The van der Waals surface area contributed by atoms with E-state index in [1.165, 1.54) is 12.8 Å². The number of hydrogen-bond acceptors (Lipinski definition) is 4. The summed E-state index contributed by atoms with van der Waals surface area (Å²) in [4.78, 5) is 20.7. The second-order valence-electron chi connectivity index (χ2n) is 7.43. The minimum atomic E-state index is 0.0125. The first kappa shape index (κ1) is 22.0. The Morgan fingerprint density at radius 3 is 2.82 bits per heavy atom. The van der Waals surface area contributed by atoms with E-state index in [1.54, 1.807) is 26.1 Å². The molecule has 1 aliphatic heterocycles. The van der Waals surface area contributed by atoms with Gasteiger partial charge in [-0.25, -0.2) is 4.99 Å². The number of ether oxygens (including phenoxy) is 1. The van der Waals surface area contributed by atoms with Gasteiger partial charge in [-0.3, -0.25) is 9.69 Å². The topological polar surface area (TPSA) is 69.2 Å². The number of methoxy groups -OCH3 is 1. The normalized spacial score (nSPS) is 17.5. The number of aryl methyl sites for hydroxylation is 1. The SMILES string of the molecule is CCN1CCCC1CNC(=NCc1ccc(C)cc1OC)NCC(=O)N(C)C. The van der Waals surface area contributed by atoms with Gasteiger partial charge in [-0.15, -0.1) is 0 Å². The minimum Gasteiger partial charge on any atom is -0.496 e. The lowest BCUT2D eigenvalue weighted by Crippen LogP contribution is -2.47. The van der Waals surface area contributed by atoms with Crippen molar-refractivity contribution in [1.29, 1.82) is 0 Å². The molecule has 7 nitrogen and oxygen atoms in total. The summed E-state index contributed by atoms with van der Waals surface area (Å²) in [7, 11) is 5.18. The number of nitrogens with one attached hydrogen (secondary N) is 2. The van der Waals surface area contributed by atoms with Crippen LogP contribution in [0.3, 0.4) is 0 Å². The molecule has 0 radical (unpaired) electrons. The van der Waals surface area contributed by atoms with E-state index in [0.29, 0.717) is 18.5 Å². The summed E-state index contributed by atoms with van der Waals surface area (Å²) in [6, 6.07) is 6.62. The third-order valence-electron chi connectivity index (χ3n) is 5.17. The van der Waals surface area contributed by atoms with Gasteiger partial charge in [0.2, 0.25) is 5.91 Å². The Hall–Kier alpha value is -2.28. The third-order valence-corrected chi connectivity index (χ3v) is 5.17. The van der Waals surface area contributed by atoms with Crippen LogP contribution in [0.15, 0.2) is 23.2 Å². The predicted molar refractivity (Wildman–Crippen MR) is 114 cm³/mol. The molecule has 0 aliphatic carbocycles. The van der Waals surface area contributed by atoms with E-state index in [-0.39, 0.29) is 12.5 Å². The van der Waals surface area contributed by atoms with Crippen molar-refractivity contribution in [3.8, 4) is 5.75 Å². The van der Waals surface area contributed by atoms with Gasteiger partial charge in [0.1, 0.15) is 5.75 Å². The number of carbonyl (C=O) groups is 1. The fourth-order valence-corrected chi connectivity index (χ4v) is 3.40. The largest absolute Gasteiger partial charge is 0.496 e. The summed E-state index contributed by atoms with van der Waals surface area (Å²) in [5, 5.41) is 6.59. The molecule has 0 spiro atoms. The first-order chi connectivity index (χ1) is 13.4. The van der Waals surface area contributed by atoms with Gasteiger partial charge in [-0.05, 0) is 44.5 Å². The molecule has 0 bridgehead atoms. The number of benzene rings is 1. The number of hydrogen-bond donors (Lipinski definition) is 2. The van der Waals surface area contributed by atoms with Crippen LogP contribution in [-0.4, -0.2) is 75.1 Å². The van der Waals surface area contributed by atoms with Crippen LogP contribution in [0.2, 0.25) is 0 Å². The van der Waals surface area contributed by atoms with Crippen molar-refractivity contribution >= 4 is 11.9 Å². The van der Waals surface area contributed by atoms with Crippen LogP contribution in [-0.2, 0) is 11.3 Å². The van der Waals surface area contributed by atoms with Crippen molar-refractivity contribution in [2.24, 2.45) is 4.99 Å². The number of likely N-dealkylation sites (tertiary alicyclic amines) is 1. The van der Waals surface area contributed by atoms with Gasteiger partial charge in [0.15, 0.2) is 5.96 Å². The lowest BCUT2D eigenvalue weighted by Gasteiger charge is -2.24. The Bertz CT molecular complexity index is 675. The molecule has 28 heavy (non-hydrogen) atoms. The Balaban J connectivity index is 2.05. The third kappa shape index (κ3) is 6.41. The van der Waals surface area contributed by atoms with Crippen molar-refractivity contribution in [2.75, 3.05) is 47.4 Å². The summed E-state index contributed by atoms with van der Waals surface area (Å²) >= 11 is 0. The lowest BCUT2D eigenvalue weighted by molar-refractivity contribution is -0.127. The number of nitrogens with zero attached hydrogens (tertiary/aromatic N) is 3. The molecule has 1 heterocycles. The van der Waals surface area contributed by atoms with Gasteiger partial charge < -0.3 is 20.3 Å². The monoisotopic (exact) mass is 389 g/mol. The van der Waals surface area contributed by atoms with Gasteiger partial charge in [-0.1, -0.05) is 19.1 Å². The predicted octanol–water partition coefficient (Wildman–Crippen LogP) is 1.61. The van der Waals surface area contributed by atoms with Crippen LogP contribution in [0, 0.1) is 6.92 Å². The Kier molecular flexibility index (Phi) is 8.57. The fraction of sp³-hybridized carbons (Fsp3) is 0.619. The highest BCUT2D eigenvalue weighted by Crippen LogP contribution is 2.20. The molecule has 2 N–H and O–H groups in total. The van der Waals surface area contributed by atoms with Gasteiger partial charge >= 0.3 is 0 Å². The van der Waals surface area contributed by atoms with Gasteiger partial charge in [0, 0.05) is 32.2 Å². The molecule has 1 amide bonds. The zero-order valence-corrected chi connectivity index (χ0v) is 17.9.